The highest BCUT2D eigenvalue weighted by Crippen LogP contribution is 2.15. The largest absolute Gasteiger partial charge is 0.493 e. The number of hydrogen-bond acceptors (Lipinski definition) is 3. The Morgan fingerprint density at radius 2 is 1.74 bits per heavy atom. The van der Waals surface area contributed by atoms with Crippen molar-refractivity contribution >= 4 is 5.91 Å². The molecule has 0 saturated carbocycles. The maximum Gasteiger partial charge on any atom is 0.224 e. The van der Waals surface area contributed by atoms with Gasteiger partial charge in [-0.15, -0.1) is 0 Å². The number of nitrogens with zero attached hydrogens (tertiary/aromatic N) is 1. The summed E-state index contributed by atoms with van der Waals surface area (Å²) in [6, 6.07) is 11.5. The van der Waals surface area contributed by atoms with Crippen molar-refractivity contribution in [2.45, 2.75) is 33.2 Å². The molecule has 0 bridgehead atoms. The maximum absolute atomic E-state index is 12.1. The highest BCUT2D eigenvalue weighted by molar-refractivity contribution is 5.79. The molecule has 0 fully saturated rings. The Balaban J connectivity index is 1.85. The smallest absolute Gasteiger partial charge is 0.224 e. The summed E-state index contributed by atoms with van der Waals surface area (Å²) >= 11 is 0. The lowest BCUT2D eigenvalue weighted by Crippen LogP contribution is -2.28. The van der Waals surface area contributed by atoms with Crippen molar-refractivity contribution in [1.29, 1.82) is 0 Å². The normalized spacial score (nSPS) is 12.0. The molecule has 1 heterocycles. The second-order valence-corrected chi connectivity index (χ2v) is 6.10. The monoisotopic (exact) mass is 312 g/mol. The summed E-state index contributed by atoms with van der Waals surface area (Å²) in [5.74, 6) is 1.34. The molecule has 4 nitrogen and oxygen atoms in total. The first-order valence-corrected chi connectivity index (χ1v) is 7.95. The molecule has 1 N–H and O–H groups in total. The summed E-state index contributed by atoms with van der Waals surface area (Å²) in [6.07, 6.45) is 3.82. The van der Waals surface area contributed by atoms with Crippen LogP contribution in [-0.2, 0) is 11.2 Å². The summed E-state index contributed by atoms with van der Waals surface area (Å²) in [5.41, 5.74) is 2.02. The van der Waals surface area contributed by atoms with E-state index in [9.17, 15) is 4.79 Å². The van der Waals surface area contributed by atoms with Crippen molar-refractivity contribution in [2.24, 2.45) is 5.92 Å². The molecule has 0 saturated heterocycles. The lowest BCUT2D eigenvalue weighted by molar-refractivity contribution is -0.121. The van der Waals surface area contributed by atoms with E-state index < -0.39 is 0 Å². The van der Waals surface area contributed by atoms with Crippen LogP contribution in [0.25, 0.3) is 0 Å². The minimum Gasteiger partial charge on any atom is -0.493 e. The molecule has 0 spiro atoms. The van der Waals surface area contributed by atoms with Gasteiger partial charge in [0.05, 0.1) is 19.1 Å². The Labute approximate surface area is 137 Å². The van der Waals surface area contributed by atoms with Gasteiger partial charge in [-0.05, 0) is 48.2 Å². The second kappa shape index (κ2) is 8.32. The average molecular weight is 312 g/mol. The molecule has 1 aromatic heterocycles. The number of nitrogens with one attached hydrogen (secondary N) is 1. The highest BCUT2D eigenvalue weighted by Gasteiger charge is 2.10. The number of pyridine rings is 1. The number of ether oxygens (including phenoxy) is 1. The van der Waals surface area contributed by atoms with E-state index in [1.54, 1.807) is 12.4 Å². The fraction of sp³-hybridized carbons (Fsp3) is 0.368. The van der Waals surface area contributed by atoms with Gasteiger partial charge in [0.25, 0.3) is 0 Å². The molecule has 2 rings (SSSR count). The van der Waals surface area contributed by atoms with Crippen molar-refractivity contribution in [1.82, 2.24) is 10.3 Å². The number of rotatable bonds is 7. The van der Waals surface area contributed by atoms with Gasteiger partial charge in [0.2, 0.25) is 5.91 Å². The van der Waals surface area contributed by atoms with E-state index in [1.807, 2.05) is 43.3 Å². The van der Waals surface area contributed by atoms with Crippen LogP contribution in [0.1, 0.15) is 37.9 Å². The van der Waals surface area contributed by atoms with E-state index in [-0.39, 0.29) is 11.9 Å². The van der Waals surface area contributed by atoms with Gasteiger partial charge in [0.1, 0.15) is 5.75 Å². The highest BCUT2D eigenvalue weighted by atomic mass is 16.5. The zero-order valence-corrected chi connectivity index (χ0v) is 14.0. The quantitative estimate of drug-likeness (QED) is 0.851. The molecule has 0 aliphatic carbocycles. The van der Waals surface area contributed by atoms with E-state index in [0.717, 1.165) is 16.9 Å². The molecule has 23 heavy (non-hydrogen) atoms. The van der Waals surface area contributed by atoms with Crippen molar-refractivity contribution in [2.75, 3.05) is 6.61 Å². The van der Waals surface area contributed by atoms with Crippen molar-refractivity contribution in [3.63, 3.8) is 0 Å². The third-order valence-corrected chi connectivity index (χ3v) is 3.45. The number of carbonyl (C=O) groups is 1. The van der Waals surface area contributed by atoms with Crippen LogP contribution < -0.4 is 10.1 Å². The van der Waals surface area contributed by atoms with Crippen LogP contribution >= 0.6 is 0 Å². The number of carbonyl (C=O) groups excluding carboxylic acids is 1. The number of benzene rings is 1. The fourth-order valence-electron chi connectivity index (χ4n) is 2.18. The second-order valence-electron chi connectivity index (χ2n) is 6.10. The van der Waals surface area contributed by atoms with E-state index in [0.29, 0.717) is 18.9 Å². The summed E-state index contributed by atoms with van der Waals surface area (Å²) in [4.78, 5) is 16.1. The van der Waals surface area contributed by atoms with E-state index in [2.05, 4.69) is 24.1 Å². The summed E-state index contributed by atoms with van der Waals surface area (Å²) in [7, 11) is 0. The Morgan fingerprint density at radius 3 is 2.35 bits per heavy atom. The Kier molecular flexibility index (Phi) is 6.15. The minimum absolute atomic E-state index is 0.00478. The van der Waals surface area contributed by atoms with Gasteiger partial charge in [-0.2, -0.15) is 0 Å². The first kappa shape index (κ1) is 17.0. The first-order valence-electron chi connectivity index (χ1n) is 7.95. The van der Waals surface area contributed by atoms with E-state index >= 15 is 0 Å². The van der Waals surface area contributed by atoms with Gasteiger partial charge in [0.15, 0.2) is 0 Å². The molecule has 0 radical (unpaired) electrons. The Hall–Kier alpha value is -2.36. The molecule has 122 valence electrons. The number of hydrogen-bond donors (Lipinski definition) is 1. The minimum atomic E-state index is -0.0286. The maximum atomic E-state index is 12.1. The van der Waals surface area contributed by atoms with Gasteiger partial charge in [0, 0.05) is 12.4 Å². The molecule has 2 aromatic rings. The number of aromatic nitrogens is 1. The van der Waals surface area contributed by atoms with Crippen LogP contribution in [0.3, 0.4) is 0 Å². The van der Waals surface area contributed by atoms with Crippen LogP contribution in [0.2, 0.25) is 0 Å². The van der Waals surface area contributed by atoms with Crippen LogP contribution in [0.4, 0.5) is 0 Å². The van der Waals surface area contributed by atoms with Crippen molar-refractivity contribution in [3.8, 4) is 5.75 Å². The number of amides is 1. The molecule has 1 unspecified atom stereocenters. The van der Waals surface area contributed by atoms with Gasteiger partial charge in [-0.1, -0.05) is 26.0 Å². The van der Waals surface area contributed by atoms with E-state index in [4.69, 9.17) is 4.74 Å². The SMILES string of the molecule is CC(C)COc1ccc(CC(=O)NC(C)c2ccncc2)cc1. The molecular weight excluding hydrogens is 288 g/mol. The van der Waals surface area contributed by atoms with Gasteiger partial charge < -0.3 is 10.1 Å². The Bertz CT molecular complexity index is 609. The molecule has 0 aliphatic rings. The third-order valence-electron chi connectivity index (χ3n) is 3.45. The van der Waals surface area contributed by atoms with Gasteiger partial charge in [-0.25, -0.2) is 0 Å². The van der Waals surface area contributed by atoms with Crippen LogP contribution in [0.15, 0.2) is 48.8 Å². The summed E-state index contributed by atoms with van der Waals surface area (Å²) < 4.78 is 5.64. The molecule has 1 atom stereocenters. The lowest BCUT2D eigenvalue weighted by Gasteiger charge is -2.14. The average Bonchev–Trinajstić information content (AvgIpc) is 2.55. The third kappa shape index (κ3) is 5.74. The van der Waals surface area contributed by atoms with Crippen LogP contribution in [0, 0.1) is 5.92 Å². The van der Waals surface area contributed by atoms with Crippen molar-refractivity contribution < 1.29 is 9.53 Å². The van der Waals surface area contributed by atoms with Crippen LogP contribution in [0.5, 0.6) is 5.75 Å². The first-order chi connectivity index (χ1) is 11.0. The van der Waals surface area contributed by atoms with Crippen molar-refractivity contribution in [3.05, 3.63) is 59.9 Å². The summed E-state index contributed by atoms with van der Waals surface area (Å²) in [6.45, 7) is 6.89. The molecular formula is C19H24N2O2. The zero-order valence-electron chi connectivity index (χ0n) is 14.0. The Morgan fingerprint density at radius 1 is 1.09 bits per heavy atom. The predicted molar refractivity (Wildman–Crippen MR) is 91.3 cm³/mol. The standard InChI is InChI=1S/C19H24N2O2/c1-14(2)13-23-18-6-4-16(5-7-18)12-19(22)21-15(3)17-8-10-20-11-9-17/h4-11,14-15H,12-13H2,1-3H3,(H,21,22). The van der Waals surface area contributed by atoms with Gasteiger partial charge >= 0.3 is 0 Å². The zero-order chi connectivity index (χ0) is 16.7. The van der Waals surface area contributed by atoms with E-state index in [1.165, 1.54) is 0 Å². The fourth-order valence-corrected chi connectivity index (χ4v) is 2.18. The lowest BCUT2D eigenvalue weighted by atomic mass is 10.1. The summed E-state index contributed by atoms with van der Waals surface area (Å²) in [5, 5.41) is 3.00. The molecule has 0 aliphatic heterocycles. The van der Waals surface area contributed by atoms with Crippen LogP contribution in [-0.4, -0.2) is 17.5 Å². The molecule has 4 heteroatoms. The molecule has 1 aromatic carbocycles. The van der Waals surface area contributed by atoms with Gasteiger partial charge in [-0.3, -0.25) is 9.78 Å². The predicted octanol–water partition coefficient (Wildman–Crippen LogP) is 3.54. The molecule has 1 amide bonds. The topological polar surface area (TPSA) is 51.2 Å².